The third-order valence-corrected chi connectivity index (χ3v) is 7.43. The Labute approximate surface area is 209 Å². The molecule has 35 heavy (non-hydrogen) atoms. The van der Waals surface area contributed by atoms with Gasteiger partial charge in [-0.2, -0.15) is 0 Å². The van der Waals surface area contributed by atoms with E-state index in [0.717, 1.165) is 52.4 Å². The highest BCUT2D eigenvalue weighted by molar-refractivity contribution is 7.16. The average molecular weight is 493 g/mol. The van der Waals surface area contributed by atoms with E-state index >= 15 is 0 Å². The number of H-pyrrole nitrogens is 1. The van der Waals surface area contributed by atoms with Gasteiger partial charge in [-0.1, -0.05) is 32.9 Å². The lowest BCUT2D eigenvalue weighted by Crippen LogP contribution is -2.26. The number of pyridine rings is 1. The lowest BCUT2D eigenvalue weighted by molar-refractivity contribution is -0.0198. The third-order valence-electron chi connectivity index (χ3n) is 6.55. The number of hydrogen-bond acceptors (Lipinski definition) is 7. The van der Waals surface area contributed by atoms with Gasteiger partial charge in [0, 0.05) is 29.8 Å². The van der Waals surface area contributed by atoms with E-state index in [0.29, 0.717) is 19.0 Å². The fourth-order valence-corrected chi connectivity index (χ4v) is 4.60. The average Bonchev–Trinajstić information content (AvgIpc) is 3.46. The minimum absolute atomic E-state index is 0.0634. The maximum atomic E-state index is 5.95. The molecule has 1 saturated heterocycles. The van der Waals surface area contributed by atoms with Crippen molar-refractivity contribution in [2.75, 3.05) is 13.2 Å². The second kappa shape index (κ2) is 9.56. The number of nitrogens with one attached hydrogen (secondary N) is 2. The van der Waals surface area contributed by atoms with E-state index < -0.39 is 0 Å². The fraction of sp³-hybridized carbons (Fsp3) is 0.423. The van der Waals surface area contributed by atoms with Crippen LogP contribution in [0.15, 0.2) is 53.1 Å². The van der Waals surface area contributed by atoms with Gasteiger partial charge in [0.1, 0.15) is 16.2 Å². The van der Waals surface area contributed by atoms with Crippen LogP contribution in [0.5, 0.6) is 5.88 Å². The van der Waals surface area contributed by atoms with Crippen molar-refractivity contribution in [3.63, 3.8) is 0 Å². The van der Waals surface area contributed by atoms with Crippen LogP contribution in [0.2, 0.25) is 0 Å². The van der Waals surface area contributed by atoms with Gasteiger partial charge >= 0.3 is 0 Å². The Morgan fingerprint density at radius 3 is 2.69 bits per heavy atom. The van der Waals surface area contributed by atoms with Gasteiger partial charge in [-0.05, 0) is 42.0 Å². The quantitative estimate of drug-likeness (QED) is 0.431. The van der Waals surface area contributed by atoms with Crippen LogP contribution in [-0.2, 0) is 4.84 Å². The Kier molecular flexibility index (Phi) is 6.48. The number of hydroxylamine groups is 1. The zero-order valence-corrected chi connectivity index (χ0v) is 21.2. The summed E-state index contributed by atoms with van der Waals surface area (Å²) in [5, 5.41) is 2.05. The second-order valence-electron chi connectivity index (χ2n) is 10.4. The minimum atomic E-state index is 0.0634. The fourth-order valence-electron chi connectivity index (χ4n) is 3.79. The van der Waals surface area contributed by atoms with Crippen LogP contribution in [0.1, 0.15) is 40.0 Å². The van der Waals surface area contributed by atoms with Crippen molar-refractivity contribution in [1.29, 1.82) is 0 Å². The Hall–Kier alpha value is -3.01. The number of nitrogens with zero attached hydrogens (tertiary/aromatic N) is 3. The summed E-state index contributed by atoms with van der Waals surface area (Å²) >= 11 is 1.52. The van der Waals surface area contributed by atoms with Crippen LogP contribution in [0.4, 0.5) is 5.69 Å². The summed E-state index contributed by atoms with van der Waals surface area (Å²) in [6.07, 6.45) is 4.83. The normalized spacial score (nSPS) is 20.0. The number of benzene rings is 1. The molecule has 3 aromatic rings. The molecule has 1 aromatic carbocycles. The number of aromatic nitrogens is 3. The van der Waals surface area contributed by atoms with Crippen molar-refractivity contribution < 1.29 is 9.57 Å². The van der Waals surface area contributed by atoms with E-state index in [1.165, 1.54) is 11.3 Å². The van der Waals surface area contributed by atoms with Crippen LogP contribution in [0.3, 0.4) is 0 Å². The van der Waals surface area contributed by atoms with Gasteiger partial charge in [0.25, 0.3) is 0 Å². The Morgan fingerprint density at radius 2 is 2.00 bits per heavy atom. The molecule has 0 radical (unpaired) electrons. The molecular weight excluding hydrogens is 460 g/mol. The molecule has 0 amide bonds. The van der Waals surface area contributed by atoms with Crippen molar-refractivity contribution in [2.24, 2.45) is 21.6 Å². The topological polar surface area (TPSA) is 110 Å². The largest absolute Gasteiger partial charge is 0.477 e. The maximum absolute atomic E-state index is 5.95. The molecule has 1 atom stereocenters. The highest BCUT2D eigenvalue weighted by Crippen LogP contribution is 2.44. The molecule has 1 aliphatic carbocycles. The van der Waals surface area contributed by atoms with Crippen molar-refractivity contribution in [3.8, 4) is 17.1 Å². The molecule has 9 heteroatoms. The van der Waals surface area contributed by atoms with Crippen molar-refractivity contribution in [3.05, 3.63) is 48.1 Å². The summed E-state index contributed by atoms with van der Waals surface area (Å²) in [6, 6.07) is 11.9. The first-order chi connectivity index (χ1) is 16.8. The van der Waals surface area contributed by atoms with E-state index in [4.69, 9.17) is 20.3 Å². The predicted molar refractivity (Wildman–Crippen MR) is 140 cm³/mol. The molecule has 1 unspecified atom stereocenters. The first-order valence-corrected chi connectivity index (χ1v) is 12.8. The highest BCUT2D eigenvalue weighted by Gasteiger charge is 2.42. The third kappa shape index (κ3) is 5.63. The van der Waals surface area contributed by atoms with Crippen molar-refractivity contribution in [1.82, 2.24) is 20.4 Å². The standard InChI is InChI=1S/C26H32N6O2S/c1-25(2,3)21-12-22(32-34-21)30-18-6-4-17(5-7-18)20-13-35-24-19(28-16-29-20)8-9-23(31-24)33-15-26(14-27)10-11-26/h4-9,13,16,21H,10-12,14-15,27H2,1-3H3,(H,28,29)(H,30,32). The monoisotopic (exact) mass is 492 g/mol. The number of nitrogens with two attached hydrogens (primary N) is 1. The van der Waals surface area contributed by atoms with Crippen LogP contribution >= 0.6 is 11.3 Å². The van der Waals surface area contributed by atoms with E-state index in [1.807, 2.05) is 41.8 Å². The molecule has 4 N–H and O–H groups in total. The molecule has 1 saturated carbocycles. The number of aromatic amines is 1. The van der Waals surface area contributed by atoms with Gasteiger partial charge in [0.05, 0.1) is 30.4 Å². The Morgan fingerprint density at radius 1 is 1.20 bits per heavy atom. The number of fused-ring (bicyclic) bond motifs is 1. The summed E-state index contributed by atoms with van der Waals surface area (Å²) < 4.78 is 5.95. The maximum Gasteiger partial charge on any atom is 0.214 e. The summed E-state index contributed by atoms with van der Waals surface area (Å²) in [5.41, 5.74) is 12.7. The molecule has 3 heterocycles. The summed E-state index contributed by atoms with van der Waals surface area (Å²) in [4.78, 5) is 23.7. The summed E-state index contributed by atoms with van der Waals surface area (Å²) in [5.74, 6) is 1.46. The number of hydrogen-bond donors (Lipinski definition) is 3. The molecule has 0 bridgehead atoms. The van der Waals surface area contributed by atoms with Crippen LogP contribution in [0.25, 0.3) is 21.6 Å². The number of amidine groups is 1. The van der Waals surface area contributed by atoms with Crippen LogP contribution in [-0.4, -0.2) is 40.0 Å². The molecule has 1 aliphatic heterocycles. The van der Waals surface area contributed by atoms with Crippen molar-refractivity contribution in [2.45, 2.75) is 46.1 Å². The molecule has 2 aromatic heterocycles. The first kappa shape index (κ1) is 23.7. The molecule has 2 aliphatic rings. The molecule has 0 spiro atoms. The Balaban J connectivity index is 1.32. The van der Waals surface area contributed by atoms with Gasteiger partial charge < -0.3 is 15.5 Å². The summed E-state index contributed by atoms with van der Waals surface area (Å²) in [7, 11) is 0. The lowest BCUT2D eigenvalue weighted by Gasteiger charge is -2.23. The van der Waals surface area contributed by atoms with Crippen molar-refractivity contribution >= 4 is 33.2 Å². The van der Waals surface area contributed by atoms with E-state index in [2.05, 4.69) is 41.2 Å². The van der Waals surface area contributed by atoms with E-state index in [9.17, 15) is 0 Å². The van der Waals surface area contributed by atoms with Gasteiger partial charge in [-0.3, -0.25) is 10.3 Å². The van der Waals surface area contributed by atoms with Gasteiger partial charge in [-0.25, -0.2) is 15.0 Å². The number of aliphatic imine (C=N–C) groups is 1. The smallest absolute Gasteiger partial charge is 0.214 e. The predicted octanol–water partition coefficient (Wildman–Crippen LogP) is 5.30. The SMILES string of the molecule is CC(C)(C)C1CC(=Nc2ccc(-c3csc4nc(OCC5(CN)CC5)ccc4nc[nH]3)cc2)NO1. The van der Waals surface area contributed by atoms with Gasteiger partial charge in [-0.15, -0.1) is 11.3 Å². The number of rotatable bonds is 6. The van der Waals surface area contributed by atoms with E-state index in [-0.39, 0.29) is 16.9 Å². The number of ether oxygens (including phenoxy) is 1. The molecule has 5 rings (SSSR count). The second-order valence-corrected chi connectivity index (χ2v) is 11.3. The molecule has 184 valence electrons. The lowest BCUT2D eigenvalue weighted by atomic mass is 9.87. The molecule has 8 nitrogen and oxygen atoms in total. The molecular formula is C26H32N6O2S. The highest BCUT2D eigenvalue weighted by atomic mass is 32.1. The zero-order chi connectivity index (χ0) is 24.5. The van der Waals surface area contributed by atoms with Crippen LogP contribution in [0, 0.1) is 10.8 Å². The van der Waals surface area contributed by atoms with E-state index in [1.54, 1.807) is 6.33 Å². The van der Waals surface area contributed by atoms with Gasteiger partial charge in [0.2, 0.25) is 5.88 Å². The Bertz CT molecular complexity index is 1270. The first-order valence-electron chi connectivity index (χ1n) is 11.9. The summed E-state index contributed by atoms with van der Waals surface area (Å²) in [6.45, 7) is 7.77. The minimum Gasteiger partial charge on any atom is -0.477 e. The molecule has 2 fully saturated rings. The zero-order valence-electron chi connectivity index (χ0n) is 20.4. The van der Waals surface area contributed by atoms with Crippen LogP contribution < -0.4 is 16.0 Å². The van der Waals surface area contributed by atoms with Gasteiger partial charge in [0.15, 0.2) is 0 Å².